The summed E-state index contributed by atoms with van der Waals surface area (Å²) in [7, 11) is 0. The fourth-order valence-electron chi connectivity index (χ4n) is 2.57. The van der Waals surface area contributed by atoms with E-state index >= 15 is 0 Å². The summed E-state index contributed by atoms with van der Waals surface area (Å²) in [6.07, 6.45) is 3.69. The van der Waals surface area contributed by atoms with E-state index in [0.717, 1.165) is 24.3 Å². The van der Waals surface area contributed by atoms with Gasteiger partial charge in [0.2, 0.25) is 12.3 Å². The number of nitrogens with zero attached hydrogens (tertiary/aromatic N) is 3. The van der Waals surface area contributed by atoms with E-state index in [9.17, 15) is 9.59 Å². The van der Waals surface area contributed by atoms with Crippen molar-refractivity contribution in [2.75, 3.05) is 37.7 Å². The molecule has 0 radical (unpaired) electrons. The Morgan fingerprint density at radius 3 is 2.73 bits per heavy atom. The van der Waals surface area contributed by atoms with Gasteiger partial charge in [0.15, 0.2) is 0 Å². The third kappa shape index (κ3) is 3.52. The van der Waals surface area contributed by atoms with Crippen molar-refractivity contribution in [2.24, 2.45) is 0 Å². The normalized spacial score (nSPS) is 21.7. The maximum absolute atomic E-state index is 12.4. The van der Waals surface area contributed by atoms with Crippen molar-refractivity contribution >= 4 is 24.1 Å². The van der Waals surface area contributed by atoms with Crippen LogP contribution in [0.2, 0.25) is 0 Å². The topological polar surface area (TPSA) is 62.7 Å². The molecule has 2 aliphatic rings. The number of carbonyl (C=O) groups excluding carboxylic acids is 2. The molecule has 3 rings (SSSR count). The van der Waals surface area contributed by atoms with Crippen LogP contribution in [0, 0.1) is 0 Å². The van der Waals surface area contributed by atoms with Crippen molar-refractivity contribution in [3.05, 3.63) is 23.9 Å². The lowest BCUT2D eigenvalue weighted by atomic mass is 10.2. The average Bonchev–Trinajstić information content (AvgIpc) is 3.08. The van der Waals surface area contributed by atoms with E-state index in [1.807, 2.05) is 11.8 Å². The van der Waals surface area contributed by atoms with Gasteiger partial charge in [-0.1, -0.05) is 0 Å². The number of amides is 2. The summed E-state index contributed by atoms with van der Waals surface area (Å²) in [5.74, 6) is 2.67. The summed E-state index contributed by atoms with van der Waals surface area (Å²) in [6, 6.07) is 3.52. The van der Waals surface area contributed by atoms with Gasteiger partial charge in [0, 0.05) is 44.2 Å². The van der Waals surface area contributed by atoms with Gasteiger partial charge >= 0.3 is 0 Å². The lowest BCUT2D eigenvalue weighted by Gasteiger charge is -2.32. The second kappa shape index (κ2) is 7.00. The molecule has 1 atom stereocenters. The van der Waals surface area contributed by atoms with Gasteiger partial charge in [0.05, 0.1) is 5.56 Å². The molecule has 2 saturated heterocycles. The SMILES string of the molecule is O=CN1CCN(C(=O)c2ccc(OC3CCSC3)nc2)CC1. The highest BCUT2D eigenvalue weighted by atomic mass is 32.2. The maximum atomic E-state index is 12.4. The fourth-order valence-corrected chi connectivity index (χ4v) is 3.66. The molecule has 7 heteroatoms. The number of hydrogen-bond acceptors (Lipinski definition) is 5. The summed E-state index contributed by atoms with van der Waals surface area (Å²) in [5, 5.41) is 0. The Labute approximate surface area is 133 Å². The second-order valence-corrected chi connectivity index (χ2v) is 6.57. The third-order valence-corrected chi connectivity index (χ3v) is 5.04. The first-order valence-electron chi connectivity index (χ1n) is 7.45. The highest BCUT2D eigenvalue weighted by Crippen LogP contribution is 2.22. The predicted molar refractivity (Wildman–Crippen MR) is 84.1 cm³/mol. The van der Waals surface area contributed by atoms with Gasteiger partial charge in [-0.2, -0.15) is 11.8 Å². The van der Waals surface area contributed by atoms with Crippen LogP contribution in [0.25, 0.3) is 0 Å². The molecule has 1 unspecified atom stereocenters. The molecule has 0 saturated carbocycles. The van der Waals surface area contributed by atoms with Crippen LogP contribution >= 0.6 is 11.8 Å². The molecule has 2 amide bonds. The lowest BCUT2D eigenvalue weighted by Crippen LogP contribution is -2.48. The zero-order valence-electron chi connectivity index (χ0n) is 12.3. The van der Waals surface area contributed by atoms with Gasteiger partial charge in [-0.05, 0) is 18.2 Å². The summed E-state index contributed by atoms with van der Waals surface area (Å²) in [5.41, 5.74) is 0.563. The fraction of sp³-hybridized carbons (Fsp3) is 0.533. The first-order valence-corrected chi connectivity index (χ1v) is 8.61. The largest absolute Gasteiger partial charge is 0.473 e. The second-order valence-electron chi connectivity index (χ2n) is 5.42. The Morgan fingerprint density at radius 2 is 2.14 bits per heavy atom. The summed E-state index contributed by atoms with van der Waals surface area (Å²) in [6.45, 7) is 2.30. The molecular formula is C15H19N3O3S. The van der Waals surface area contributed by atoms with E-state index in [2.05, 4.69) is 4.98 Å². The zero-order valence-corrected chi connectivity index (χ0v) is 13.1. The Bertz CT molecular complexity index is 523. The molecule has 0 aromatic carbocycles. The Kier molecular flexibility index (Phi) is 4.82. The first-order chi connectivity index (χ1) is 10.8. The van der Waals surface area contributed by atoms with Crippen LogP contribution in [-0.2, 0) is 4.79 Å². The van der Waals surface area contributed by atoms with Crippen LogP contribution in [0.5, 0.6) is 5.88 Å². The molecule has 0 spiro atoms. The summed E-state index contributed by atoms with van der Waals surface area (Å²) >= 11 is 1.89. The van der Waals surface area contributed by atoms with Gasteiger partial charge in [-0.3, -0.25) is 9.59 Å². The molecule has 22 heavy (non-hydrogen) atoms. The Balaban J connectivity index is 1.57. The van der Waals surface area contributed by atoms with Crippen LogP contribution in [0.4, 0.5) is 0 Å². The van der Waals surface area contributed by atoms with Gasteiger partial charge in [-0.25, -0.2) is 4.98 Å². The molecule has 0 aliphatic carbocycles. The predicted octanol–water partition coefficient (Wildman–Crippen LogP) is 0.880. The Morgan fingerprint density at radius 1 is 1.32 bits per heavy atom. The molecule has 2 fully saturated rings. The Hall–Kier alpha value is -1.76. The third-order valence-electron chi connectivity index (χ3n) is 3.91. The summed E-state index contributed by atoms with van der Waals surface area (Å²) < 4.78 is 5.78. The van der Waals surface area contributed by atoms with Crippen molar-refractivity contribution in [3.63, 3.8) is 0 Å². The minimum absolute atomic E-state index is 0.0407. The van der Waals surface area contributed by atoms with Crippen molar-refractivity contribution in [1.82, 2.24) is 14.8 Å². The van der Waals surface area contributed by atoms with E-state index in [0.29, 0.717) is 37.6 Å². The lowest BCUT2D eigenvalue weighted by molar-refractivity contribution is -0.119. The number of ether oxygens (including phenoxy) is 1. The highest BCUT2D eigenvalue weighted by Gasteiger charge is 2.22. The van der Waals surface area contributed by atoms with Gasteiger partial charge in [-0.15, -0.1) is 0 Å². The van der Waals surface area contributed by atoms with Crippen LogP contribution < -0.4 is 4.74 Å². The number of rotatable bonds is 4. The summed E-state index contributed by atoms with van der Waals surface area (Å²) in [4.78, 5) is 30.7. The van der Waals surface area contributed by atoms with Gasteiger partial charge in [0.25, 0.3) is 5.91 Å². The van der Waals surface area contributed by atoms with E-state index in [1.165, 1.54) is 0 Å². The molecule has 1 aromatic rings. The molecule has 3 heterocycles. The van der Waals surface area contributed by atoms with Crippen LogP contribution in [-0.4, -0.2) is 70.9 Å². The molecule has 0 bridgehead atoms. The molecule has 0 N–H and O–H groups in total. The van der Waals surface area contributed by atoms with Gasteiger partial charge in [0.1, 0.15) is 6.10 Å². The van der Waals surface area contributed by atoms with E-state index in [-0.39, 0.29) is 12.0 Å². The number of pyridine rings is 1. The first kappa shape index (κ1) is 15.1. The number of piperazine rings is 1. The number of carbonyl (C=O) groups is 2. The number of hydrogen-bond donors (Lipinski definition) is 0. The van der Waals surface area contributed by atoms with E-state index in [4.69, 9.17) is 4.74 Å². The smallest absolute Gasteiger partial charge is 0.255 e. The van der Waals surface area contributed by atoms with Crippen molar-refractivity contribution in [3.8, 4) is 5.88 Å². The molecule has 2 aliphatic heterocycles. The molecule has 6 nitrogen and oxygen atoms in total. The van der Waals surface area contributed by atoms with Gasteiger partial charge < -0.3 is 14.5 Å². The standard InChI is InChI=1S/C15H19N3O3S/c19-11-17-4-6-18(7-5-17)15(20)12-1-2-14(16-9-12)21-13-3-8-22-10-13/h1-2,9,11,13H,3-8,10H2. The molecule has 1 aromatic heterocycles. The maximum Gasteiger partial charge on any atom is 0.255 e. The monoisotopic (exact) mass is 321 g/mol. The molecular weight excluding hydrogens is 302 g/mol. The van der Waals surface area contributed by atoms with E-state index in [1.54, 1.807) is 28.1 Å². The van der Waals surface area contributed by atoms with Crippen molar-refractivity contribution in [2.45, 2.75) is 12.5 Å². The molecule has 118 valence electrons. The quantitative estimate of drug-likeness (QED) is 0.771. The minimum Gasteiger partial charge on any atom is -0.473 e. The van der Waals surface area contributed by atoms with Crippen molar-refractivity contribution in [1.29, 1.82) is 0 Å². The number of thioether (sulfide) groups is 1. The van der Waals surface area contributed by atoms with Crippen LogP contribution in [0.15, 0.2) is 18.3 Å². The average molecular weight is 321 g/mol. The van der Waals surface area contributed by atoms with Crippen LogP contribution in [0.1, 0.15) is 16.8 Å². The highest BCUT2D eigenvalue weighted by molar-refractivity contribution is 7.99. The van der Waals surface area contributed by atoms with Crippen molar-refractivity contribution < 1.29 is 14.3 Å². The van der Waals surface area contributed by atoms with E-state index < -0.39 is 0 Å². The zero-order chi connectivity index (χ0) is 15.4. The van der Waals surface area contributed by atoms with Crippen LogP contribution in [0.3, 0.4) is 0 Å². The number of aromatic nitrogens is 1. The minimum atomic E-state index is -0.0407.